The van der Waals surface area contributed by atoms with Crippen LogP contribution in [-0.2, 0) is 4.79 Å². The summed E-state index contributed by atoms with van der Waals surface area (Å²) in [6, 6.07) is 5.56. The number of aromatic nitrogens is 3. The van der Waals surface area contributed by atoms with Gasteiger partial charge in [0.15, 0.2) is 0 Å². The van der Waals surface area contributed by atoms with Gasteiger partial charge in [-0.3, -0.25) is 9.78 Å². The van der Waals surface area contributed by atoms with E-state index in [9.17, 15) is 4.79 Å². The lowest BCUT2D eigenvalue weighted by Gasteiger charge is -2.38. The lowest BCUT2D eigenvalue weighted by molar-refractivity contribution is -0.139. The van der Waals surface area contributed by atoms with Crippen LogP contribution in [0.3, 0.4) is 0 Å². The number of rotatable bonds is 3. The highest BCUT2D eigenvalue weighted by Gasteiger charge is 2.36. The lowest BCUT2D eigenvalue weighted by Crippen LogP contribution is -2.50. The number of carbonyl (C=O) groups excluding carboxylic acids is 1. The minimum Gasteiger partial charge on any atom is -0.341 e. The van der Waals surface area contributed by atoms with Gasteiger partial charge in [0.1, 0.15) is 5.69 Å². The molecule has 0 N–H and O–H groups in total. The highest BCUT2D eigenvalue weighted by Crippen LogP contribution is 2.28. The summed E-state index contributed by atoms with van der Waals surface area (Å²) in [5.74, 6) is 1.42. The molecule has 0 spiro atoms. The van der Waals surface area contributed by atoms with E-state index in [1.54, 1.807) is 6.20 Å². The molecule has 20 heavy (non-hydrogen) atoms. The summed E-state index contributed by atoms with van der Waals surface area (Å²) in [6.45, 7) is 5.12. The molecule has 6 nitrogen and oxygen atoms in total. The van der Waals surface area contributed by atoms with Crippen LogP contribution >= 0.6 is 0 Å². The summed E-state index contributed by atoms with van der Waals surface area (Å²) in [6.07, 6.45) is 1.69. The quantitative estimate of drug-likeness (QED) is 0.850. The Morgan fingerprint density at radius 3 is 2.85 bits per heavy atom. The zero-order chi connectivity index (χ0) is 14.1. The van der Waals surface area contributed by atoms with E-state index in [0.29, 0.717) is 30.5 Å². The Kier molecular flexibility index (Phi) is 3.22. The first-order valence-corrected chi connectivity index (χ1v) is 6.69. The van der Waals surface area contributed by atoms with Gasteiger partial charge in [-0.05, 0) is 12.1 Å². The van der Waals surface area contributed by atoms with Crippen LogP contribution in [0.15, 0.2) is 28.9 Å². The van der Waals surface area contributed by atoms with Crippen LogP contribution in [-0.4, -0.2) is 39.0 Å². The van der Waals surface area contributed by atoms with Crippen molar-refractivity contribution in [1.29, 1.82) is 0 Å². The Bertz CT molecular complexity index is 603. The number of pyridine rings is 1. The van der Waals surface area contributed by atoms with Crippen molar-refractivity contribution in [3.05, 3.63) is 30.3 Å². The predicted molar refractivity (Wildman–Crippen MR) is 71.7 cm³/mol. The molecule has 0 atom stereocenters. The van der Waals surface area contributed by atoms with Gasteiger partial charge in [-0.25, -0.2) is 0 Å². The maximum Gasteiger partial charge on any atom is 0.233 e. The molecule has 0 bridgehead atoms. The Hall–Kier alpha value is -2.24. The summed E-state index contributed by atoms with van der Waals surface area (Å²) in [5, 5.41) is 3.94. The molecule has 2 aromatic heterocycles. The molecule has 0 radical (unpaired) electrons. The van der Waals surface area contributed by atoms with Crippen molar-refractivity contribution in [1.82, 2.24) is 20.0 Å². The molecule has 0 unspecified atom stereocenters. The number of likely N-dealkylation sites (tertiary alicyclic amines) is 1. The highest BCUT2D eigenvalue weighted by molar-refractivity contribution is 5.79. The molecule has 2 aromatic rings. The van der Waals surface area contributed by atoms with Gasteiger partial charge in [0.05, 0.1) is 5.92 Å². The standard InChI is InChI=1S/C14H16N4O2/c1-9(2)14(19)18-7-10(8-18)13-16-12(17-20-13)11-5-3-4-6-15-11/h3-6,9-10H,7-8H2,1-2H3. The van der Waals surface area contributed by atoms with E-state index < -0.39 is 0 Å². The number of amides is 1. The molecule has 0 saturated carbocycles. The number of carbonyl (C=O) groups is 1. The van der Waals surface area contributed by atoms with Crippen molar-refractivity contribution in [2.45, 2.75) is 19.8 Å². The van der Waals surface area contributed by atoms with Gasteiger partial charge in [0, 0.05) is 25.2 Å². The third kappa shape index (κ3) is 2.29. The maximum atomic E-state index is 11.8. The Morgan fingerprint density at radius 1 is 1.40 bits per heavy atom. The first-order chi connectivity index (χ1) is 9.65. The summed E-state index contributed by atoms with van der Waals surface area (Å²) >= 11 is 0. The summed E-state index contributed by atoms with van der Waals surface area (Å²) < 4.78 is 5.27. The van der Waals surface area contributed by atoms with Gasteiger partial charge < -0.3 is 9.42 Å². The van der Waals surface area contributed by atoms with E-state index in [4.69, 9.17) is 4.52 Å². The first-order valence-electron chi connectivity index (χ1n) is 6.69. The molecule has 6 heteroatoms. The topological polar surface area (TPSA) is 72.1 Å². The monoisotopic (exact) mass is 272 g/mol. The lowest BCUT2D eigenvalue weighted by atomic mass is 9.98. The van der Waals surface area contributed by atoms with Gasteiger partial charge in [-0.15, -0.1) is 0 Å². The smallest absolute Gasteiger partial charge is 0.233 e. The van der Waals surface area contributed by atoms with Crippen LogP contribution < -0.4 is 0 Å². The minimum absolute atomic E-state index is 0.0303. The number of nitrogens with zero attached hydrogens (tertiary/aromatic N) is 4. The van der Waals surface area contributed by atoms with E-state index in [2.05, 4.69) is 15.1 Å². The molecule has 1 amide bonds. The molecule has 1 fully saturated rings. The van der Waals surface area contributed by atoms with E-state index in [1.165, 1.54) is 0 Å². The molecule has 0 aromatic carbocycles. The van der Waals surface area contributed by atoms with Crippen molar-refractivity contribution in [2.75, 3.05) is 13.1 Å². The van der Waals surface area contributed by atoms with Crippen LogP contribution in [0.25, 0.3) is 11.5 Å². The van der Waals surface area contributed by atoms with E-state index in [-0.39, 0.29) is 17.7 Å². The van der Waals surface area contributed by atoms with Gasteiger partial charge in [-0.1, -0.05) is 25.1 Å². The Labute approximate surface area is 116 Å². The molecule has 3 rings (SSSR count). The zero-order valence-corrected chi connectivity index (χ0v) is 11.5. The Balaban J connectivity index is 1.67. The van der Waals surface area contributed by atoms with E-state index in [1.807, 2.05) is 36.9 Å². The molecule has 0 aliphatic carbocycles. The van der Waals surface area contributed by atoms with Crippen molar-refractivity contribution >= 4 is 5.91 Å². The molecule has 1 aliphatic rings. The van der Waals surface area contributed by atoms with Crippen molar-refractivity contribution in [3.63, 3.8) is 0 Å². The third-order valence-corrected chi connectivity index (χ3v) is 3.37. The summed E-state index contributed by atoms with van der Waals surface area (Å²) in [7, 11) is 0. The number of hydrogen-bond acceptors (Lipinski definition) is 5. The van der Waals surface area contributed by atoms with Gasteiger partial charge >= 0.3 is 0 Å². The zero-order valence-electron chi connectivity index (χ0n) is 11.5. The fraction of sp³-hybridized carbons (Fsp3) is 0.429. The summed E-state index contributed by atoms with van der Waals surface area (Å²) in [5.41, 5.74) is 0.692. The maximum absolute atomic E-state index is 11.8. The van der Waals surface area contributed by atoms with Gasteiger partial charge in [0.2, 0.25) is 17.6 Å². The van der Waals surface area contributed by atoms with Crippen LogP contribution in [0.5, 0.6) is 0 Å². The van der Waals surface area contributed by atoms with Crippen LogP contribution in [0.1, 0.15) is 25.7 Å². The highest BCUT2D eigenvalue weighted by atomic mass is 16.5. The number of hydrogen-bond donors (Lipinski definition) is 0. The second kappa shape index (κ2) is 5.03. The SMILES string of the molecule is CC(C)C(=O)N1CC(c2nc(-c3ccccn3)no2)C1. The van der Waals surface area contributed by atoms with Crippen LogP contribution in [0.4, 0.5) is 0 Å². The molecule has 1 aliphatic heterocycles. The molecule has 3 heterocycles. The van der Waals surface area contributed by atoms with Crippen LogP contribution in [0, 0.1) is 5.92 Å². The third-order valence-electron chi connectivity index (χ3n) is 3.37. The average Bonchev–Trinajstić information content (AvgIpc) is 2.87. The second-order valence-corrected chi connectivity index (χ2v) is 5.27. The summed E-state index contributed by atoms with van der Waals surface area (Å²) in [4.78, 5) is 22.1. The normalized spacial score (nSPS) is 15.4. The second-order valence-electron chi connectivity index (χ2n) is 5.27. The molecule has 1 saturated heterocycles. The minimum atomic E-state index is 0.0303. The van der Waals surface area contributed by atoms with Gasteiger partial charge in [-0.2, -0.15) is 4.98 Å². The van der Waals surface area contributed by atoms with Crippen LogP contribution in [0.2, 0.25) is 0 Å². The van der Waals surface area contributed by atoms with Gasteiger partial charge in [0.25, 0.3) is 0 Å². The molecule has 104 valence electrons. The molecular formula is C14H16N4O2. The van der Waals surface area contributed by atoms with Crippen molar-refractivity contribution in [2.24, 2.45) is 5.92 Å². The Morgan fingerprint density at radius 2 is 2.20 bits per heavy atom. The van der Waals surface area contributed by atoms with E-state index >= 15 is 0 Å². The predicted octanol–water partition coefficient (Wildman–Crippen LogP) is 1.71. The van der Waals surface area contributed by atoms with E-state index in [0.717, 1.165) is 0 Å². The fourth-order valence-electron chi connectivity index (χ4n) is 2.18. The van der Waals surface area contributed by atoms with Crippen molar-refractivity contribution < 1.29 is 9.32 Å². The largest absolute Gasteiger partial charge is 0.341 e. The first kappa shape index (κ1) is 12.8. The fourth-order valence-corrected chi connectivity index (χ4v) is 2.18. The average molecular weight is 272 g/mol. The van der Waals surface area contributed by atoms with Crippen molar-refractivity contribution in [3.8, 4) is 11.5 Å². The molecular weight excluding hydrogens is 256 g/mol.